The molecule has 0 rings (SSSR count). The van der Waals surface area contributed by atoms with Crippen molar-refractivity contribution in [2.45, 2.75) is 26.1 Å². The molecule has 3 nitrogen and oxygen atoms in total. The minimum absolute atomic E-state index is 0.391. The van der Waals surface area contributed by atoms with E-state index in [9.17, 15) is 13.2 Å². The summed E-state index contributed by atoms with van der Waals surface area (Å²) in [7, 11) is -3.71. The van der Waals surface area contributed by atoms with Crippen molar-refractivity contribution in [3.05, 3.63) is 0 Å². The van der Waals surface area contributed by atoms with Crippen molar-refractivity contribution >= 4 is 10.8 Å². The van der Waals surface area contributed by atoms with Crippen molar-refractivity contribution in [1.29, 1.82) is 0 Å². The van der Waals surface area contributed by atoms with Crippen molar-refractivity contribution < 1.29 is 22.3 Å². The molecule has 0 saturated carbocycles. The van der Waals surface area contributed by atoms with E-state index < -0.39 is 28.7 Å². The Balaban J connectivity index is 4.04. The third kappa shape index (κ3) is 6.71. The molecule has 0 unspecified atom stereocenters. The van der Waals surface area contributed by atoms with Crippen LogP contribution in [0.25, 0.3) is 0 Å². The van der Waals surface area contributed by atoms with Gasteiger partial charge in [-0.3, -0.25) is 9.11 Å². The topological polar surface area (TPSA) is 52.5 Å². The van der Waals surface area contributed by atoms with Gasteiger partial charge in [0.15, 0.2) is 0 Å². The fourth-order valence-electron chi connectivity index (χ4n) is 0.647. The highest BCUT2D eigenvalue weighted by atomic mass is 32.3. The van der Waals surface area contributed by atoms with Gasteiger partial charge in [-0.25, -0.2) is 4.72 Å². The Kier molecular flexibility index (Phi) is 3.83. The van der Waals surface area contributed by atoms with E-state index in [1.807, 2.05) is 0 Å². The van der Waals surface area contributed by atoms with E-state index in [1.54, 1.807) is 0 Å². The molecule has 7 heteroatoms. The van der Waals surface area contributed by atoms with E-state index in [0.29, 0.717) is 0 Å². The lowest BCUT2D eigenvalue weighted by molar-refractivity contribution is -0.107. The Morgan fingerprint density at radius 2 is 1.75 bits per heavy atom. The number of nitrogens with one attached hydrogen (secondary N) is 1. The zero-order chi connectivity index (χ0) is 9.99. The van der Waals surface area contributed by atoms with Crippen LogP contribution in [0, 0.1) is 0 Å². The smallest absolute Gasteiger partial charge is 0.285 e. The maximum atomic E-state index is 11.7. The Bertz CT molecular complexity index is 148. The van der Waals surface area contributed by atoms with E-state index in [-0.39, 0.29) is 0 Å². The molecule has 0 bridgehead atoms. The van der Waals surface area contributed by atoms with Crippen LogP contribution in [-0.4, -0.2) is 27.1 Å². The van der Waals surface area contributed by atoms with Gasteiger partial charge in [0.25, 0.3) is 0 Å². The van der Waals surface area contributed by atoms with E-state index in [1.165, 1.54) is 13.8 Å². The molecule has 0 aromatic carbocycles. The monoisotopic (exact) mass is 207 g/mol. The van der Waals surface area contributed by atoms with Gasteiger partial charge in [0.05, 0.1) is 0 Å². The average Bonchev–Trinajstić information content (AvgIpc) is 1.48. The first-order valence-corrected chi connectivity index (χ1v) is 4.94. The summed E-state index contributed by atoms with van der Waals surface area (Å²) >= 11 is 0. The van der Waals surface area contributed by atoms with Crippen LogP contribution in [0.15, 0.2) is 0 Å². The molecule has 0 atom stereocenters. The Morgan fingerprint density at radius 1 is 1.33 bits per heavy atom. The van der Waals surface area contributed by atoms with Gasteiger partial charge in [-0.1, -0.05) is 0 Å². The van der Waals surface area contributed by atoms with Crippen LogP contribution in [0.3, 0.4) is 0 Å². The van der Waals surface area contributed by atoms with Crippen molar-refractivity contribution in [3.63, 3.8) is 0 Å². The predicted octanol–water partition coefficient (Wildman–Crippen LogP) is 2.21. The normalized spacial score (nSPS) is 15.3. The van der Waals surface area contributed by atoms with Crippen LogP contribution in [-0.2, 0) is 0 Å². The molecule has 0 saturated heterocycles. The third-order valence-corrected chi connectivity index (χ3v) is 2.37. The van der Waals surface area contributed by atoms with E-state index >= 15 is 0 Å². The fourth-order valence-corrected chi connectivity index (χ4v) is 1.94. The lowest BCUT2D eigenvalue weighted by Gasteiger charge is -2.35. The quantitative estimate of drug-likeness (QED) is 0.665. The first-order chi connectivity index (χ1) is 5.12. The molecule has 76 valence electrons. The summed E-state index contributed by atoms with van der Waals surface area (Å²) in [4.78, 5) is 0. The molecular weight excluding hydrogens is 195 g/mol. The Hall–Kier alpha value is 0.0200. The van der Waals surface area contributed by atoms with Gasteiger partial charge in [-0.2, -0.15) is 13.2 Å². The number of rotatable bonds is 3. The van der Waals surface area contributed by atoms with Crippen LogP contribution in [0.5, 0.6) is 0 Å². The molecule has 0 radical (unpaired) electrons. The highest BCUT2D eigenvalue weighted by Crippen LogP contribution is 2.40. The summed E-state index contributed by atoms with van der Waals surface area (Å²) in [6.07, 6.45) is -4.55. The van der Waals surface area contributed by atoms with Gasteiger partial charge in [0.2, 0.25) is 0 Å². The number of hydrogen-bond acceptors (Lipinski definition) is 3. The second kappa shape index (κ2) is 3.82. The lowest BCUT2D eigenvalue weighted by atomic mass is 10.4. The Labute approximate surface area is 70.4 Å². The van der Waals surface area contributed by atoms with Gasteiger partial charge in [0.1, 0.15) is 5.75 Å². The highest BCUT2D eigenvalue weighted by Gasteiger charge is 2.35. The summed E-state index contributed by atoms with van der Waals surface area (Å²) in [6, 6.07) is -0.391. The van der Waals surface area contributed by atoms with Crippen molar-refractivity contribution in [1.82, 2.24) is 4.72 Å². The minimum Gasteiger partial charge on any atom is -0.285 e. The van der Waals surface area contributed by atoms with Crippen molar-refractivity contribution in [3.8, 4) is 0 Å². The van der Waals surface area contributed by atoms with Gasteiger partial charge < -0.3 is 0 Å². The standard InChI is InChI=1S/C5H12F3NO2S/c1-4(2)9-12(10,11)3-5(6,7)8/h4,9-11H,3H2,1-2H3. The summed E-state index contributed by atoms with van der Waals surface area (Å²) in [6.45, 7) is 3.06. The Morgan fingerprint density at radius 3 is 2.00 bits per heavy atom. The molecule has 0 aliphatic rings. The van der Waals surface area contributed by atoms with Crippen LogP contribution in [0.2, 0.25) is 0 Å². The molecule has 0 amide bonds. The molecule has 0 aromatic heterocycles. The van der Waals surface area contributed by atoms with Crippen LogP contribution >= 0.6 is 10.8 Å². The molecule has 3 N–H and O–H groups in total. The van der Waals surface area contributed by atoms with E-state index in [2.05, 4.69) is 4.72 Å². The first kappa shape index (κ1) is 12.0. The van der Waals surface area contributed by atoms with Gasteiger partial charge in [-0.15, -0.1) is 10.8 Å². The maximum Gasteiger partial charge on any atom is 0.407 e. The molecule has 0 aliphatic carbocycles. The molecule has 0 spiro atoms. The lowest BCUT2D eigenvalue weighted by Crippen LogP contribution is -2.33. The zero-order valence-electron chi connectivity index (χ0n) is 6.72. The van der Waals surface area contributed by atoms with Crippen molar-refractivity contribution in [2.75, 3.05) is 5.75 Å². The zero-order valence-corrected chi connectivity index (χ0v) is 7.54. The average molecular weight is 207 g/mol. The second-order valence-corrected chi connectivity index (χ2v) is 4.56. The predicted molar refractivity (Wildman–Crippen MR) is 42.0 cm³/mol. The largest absolute Gasteiger partial charge is 0.407 e. The first-order valence-electron chi connectivity index (χ1n) is 3.22. The van der Waals surface area contributed by atoms with Crippen LogP contribution in [0.1, 0.15) is 13.8 Å². The summed E-state index contributed by atoms with van der Waals surface area (Å²) in [5.41, 5.74) is 0. The molecule has 0 fully saturated rings. The summed E-state index contributed by atoms with van der Waals surface area (Å²) in [5, 5.41) is 0. The molecule has 0 aliphatic heterocycles. The summed E-state index contributed by atoms with van der Waals surface area (Å²) < 4.78 is 54.7. The molecular formula is C5H12F3NO2S. The van der Waals surface area contributed by atoms with E-state index in [4.69, 9.17) is 9.11 Å². The molecule has 0 heterocycles. The highest BCUT2D eigenvalue weighted by molar-refractivity contribution is 8.22. The summed E-state index contributed by atoms with van der Waals surface area (Å²) in [5.74, 6) is -1.60. The van der Waals surface area contributed by atoms with Crippen LogP contribution < -0.4 is 4.72 Å². The fraction of sp³-hybridized carbons (Fsp3) is 1.00. The number of halogens is 3. The van der Waals surface area contributed by atoms with E-state index in [0.717, 1.165) is 0 Å². The van der Waals surface area contributed by atoms with Gasteiger partial charge >= 0.3 is 6.18 Å². The minimum atomic E-state index is -4.55. The number of hydrogen-bond donors (Lipinski definition) is 3. The third-order valence-electron chi connectivity index (χ3n) is 0.789. The SMILES string of the molecule is CC(C)NS(O)(O)CC(F)(F)F. The van der Waals surface area contributed by atoms with Gasteiger partial charge in [-0.05, 0) is 13.8 Å². The second-order valence-electron chi connectivity index (χ2n) is 2.70. The van der Waals surface area contributed by atoms with Crippen LogP contribution in [0.4, 0.5) is 13.2 Å². The molecule has 0 aromatic rings. The van der Waals surface area contributed by atoms with Gasteiger partial charge in [0, 0.05) is 6.04 Å². The maximum absolute atomic E-state index is 11.7. The molecule has 12 heavy (non-hydrogen) atoms. The van der Waals surface area contributed by atoms with Crippen molar-refractivity contribution in [2.24, 2.45) is 0 Å². The number of alkyl halides is 3.